The number of benzene rings is 2. The lowest BCUT2D eigenvalue weighted by Gasteiger charge is -2.18. The number of hydrogen-bond donors (Lipinski definition) is 3. The van der Waals surface area contributed by atoms with Crippen molar-refractivity contribution in [2.45, 2.75) is 39.2 Å². The second kappa shape index (κ2) is 12.3. The van der Waals surface area contributed by atoms with Crippen molar-refractivity contribution in [1.82, 2.24) is 14.9 Å². The first kappa shape index (κ1) is 25.4. The van der Waals surface area contributed by atoms with Crippen molar-refractivity contribution in [3.63, 3.8) is 0 Å². The molecule has 0 saturated heterocycles. The number of nitrogens with two attached hydrogens (primary N) is 1. The predicted octanol–water partition coefficient (Wildman–Crippen LogP) is 4.13. The number of hydrogen-bond acceptors (Lipinski definition) is 7. The van der Waals surface area contributed by atoms with Crippen LogP contribution in [0.1, 0.15) is 33.1 Å². The number of anilines is 2. The normalized spacial score (nSPS) is 12.1. The quantitative estimate of drug-likeness (QED) is 0.346. The molecule has 0 aliphatic rings. The van der Waals surface area contributed by atoms with Gasteiger partial charge >= 0.3 is 0 Å². The third kappa shape index (κ3) is 6.42. The Morgan fingerprint density at radius 3 is 2.65 bits per heavy atom. The number of methoxy groups -OCH3 is 1. The van der Waals surface area contributed by atoms with Gasteiger partial charge in [-0.1, -0.05) is 26.3 Å². The number of carbonyl (C=O) groups excluding carboxylic acids is 1. The van der Waals surface area contributed by atoms with E-state index in [-0.39, 0.29) is 5.91 Å². The van der Waals surface area contributed by atoms with E-state index in [2.05, 4.69) is 39.3 Å². The van der Waals surface area contributed by atoms with Gasteiger partial charge in [0.15, 0.2) is 0 Å². The highest BCUT2D eigenvalue weighted by molar-refractivity contribution is 6.06. The van der Waals surface area contributed by atoms with Gasteiger partial charge in [0.05, 0.1) is 18.8 Å². The molecule has 3 aromatic rings. The highest BCUT2D eigenvalue weighted by atomic mass is 16.5. The molecule has 1 unspecified atom stereocenters. The van der Waals surface area contributed by atoms with E-state index in [0.29, 0.717) is 18.1 Å². The molecule has 0 bridgehead atoms. The number of carbonyl (C=O) groups is 1. The summed E-state index contributed by atoms with van der Waals surface area (Å²) in [7, 11) is 3.41. The molecular formula is C26H36N6O2. The van der Waals surface area contributed by atoms with Crippen molar-refractivity contribution < 1.29 is 9.53 Å². The summed E-state index contributed by atoms with van der Waals surface area (Å²) in [6, 6.07) is 11.0. The van der Waals surface area contributed by atoms with Crippen LogP contribution in [0.25, 0.3) is 22.0 Å². The van der Waals surface area contributed by atoms with Gasteiger partial charge in [-0.25, -0.2) is 9.97 Å². The fourth-order valence-corrected chi connectivity index (χ4v) is 3.95. The molecule has 0 aliphatic heterocycles. The van der Waals surface area contributed by atoms with Crippen LogP contribution in [0.15, 0.2) is 42.6 Å². The minimum Gasteiger partial charge on any atom is -0.497 e. The summed E-state index contributed by atoms with van der Waals surface area (Å²) in [6.07, 6.45) is 4.29. The zero-order valence-electron chi connectivity index (χ0n) is 20.6. The van der Waals surface area contributed by atoms with Gasteiger partial charge in [0, 0.05) is 29.9 Å². The number of nitrogens with zero attached hydrogens (tertiary/aromatic N) is 3. The van der Waals surface area contributed by atoms with E-state index in [1.165, 1.54) is 0 Å². The standard InChI is InChI=1S/C26H36N6O2/c1-5-32(6-2)14-8-7-9-22(27)25(33)30-24-16-19(23-12-13-29-26(28-3)31-23)15-18-10-11-20(34-4)17-21(18)24/h10-13,15-17,22H,5-9,14,27H2,1-4H3,(H,30,33)(H,28,29,31). The average Bonchev–Trinajstić information content (AvgIpc) is 2.88. The fraction of sp³-hybridized carbons (Fsp3) is 0.423. The first-order valence-electron chi connectivity index (χ1n) is 11.9. The van der Waals surface area contributed by atoms with Gasteiger partial charge in [0.2, 0.25) is 11.9 Å². The van der Waals surface area contributed by atoms with Gasteiger partial charge < -0.3 is 26.0 Å². The second-order valence-corrected chi connectivity index (χ2v) is 8.24. The molecular weight excluding hydrogens is 428 g/mol. The number of amides is 1. The lowest BCUT2D eigenvalue weighted by Crippen LogP contribution is -2.35. The molecule has 0 radical (unpaired) electrons. The maximum Gasteiger partial charge on any atom is 0.241 e. The predicted molar refractivity (Wildman–Crippen MR) is 139 cm³/mol. The molecule has 0 saturated carbocycles. The minimum absolute atomic E-state index is 0.192. The summed E-state index contributed by atoms with van der Waals surface area (Å²) in [5.74, 6) is 1.06. The Bertz CT molecular complexity index is 1100. The summed E-state index contributed by atoms with van der Waals surface area (Å²) < 4.78 is 5.41. The number of aromatic nitrogens is 2. The van der Waals surface area contributed by atoms with Crippen molar-refractivity contribution in [1.29, 1.82) is 0 Å². The van der Waals surface area contributed by atoms with Crippen LogP contribution < -0.4 is 21.1 Å². The molecule has 1 amide bonds. The molecule has 0 spiro atoms. The fourth-order valence-electron chi connectivity index (χ4n) is 3.95. The maximum absolute atomic E-state index is 13.0. The van der Waals surface area contributed by atoms with E-state index in [4.69, 9.17) is 10.5 Å². The van der Waals surface area contributed by atoms with Crippen LogP contribution in [0.5, 0.6) is 5.75 Å². The Morgan fingerprint density at radius 2 is 1.94 bits per heavy atom. The van der Waals surface area contributed by atoms with E-state index in [1.54, 1.807) is 20.4 Å². The highest BCUT2D eigenvalue weighted by Crippen LogP contribution is 2.33. The van der Waals surface area contributed by atoms with Gasteiger partial charge in [0.25, 0.3) is 0 Å². The third-order valence-electron chi connectivity index (χ3n) is 6.06. The van der Waals surface area contributed by atoms with Gasteiger partial charge in [-0.05, 0) is 68.2 Å². The van der Waals surface area contributed by atoms with Gasteiger partial charge in [-0.15, -0.1) is 0 Å². The van der Waals surface area contributed by atoms with Gasteiger partial charge in [-0.3, -0.25) is 4.79 Å². The Kier molecular flexibility index (Phi) is 9.18. The van der Waals surface area contributed by atoms with Crippen LogP contribution in [0.4, 0.5) is 11.6 Å². The molecule has 4 N–H and O–H groups in total. The highest BCUT2D eigenvalue weighted by Gasteiger charge is 2.16. The van der Waals surface area contributed by atoms with E-state index in [1.807, 2.05) is 36.4 Å². The number of nitrogens with one attached hydrogen (secondary N) is 2. The molecule has 34 heavy (non-hydrogen) atoms. The van der Waals surface area contributed by atoms with E-state index >= 15 is 0 Å². The molecule has 0 fully saturated rings. The van der Waals surface area contributed by atoms with Gasteiger partial charge in [0.1, 0.15) is 5.75 Å². The summed E-state index contributed by atoms with van der Waals surface area (Å²) in [4.78, 5) is 24.1. The molecule has 2 aromatic carbocycles. The van der Waals surface area contributed by atoms with Crippen molar-refractivity contribution in [3.8, 4) is 17.0 Å². The molecule has 0 aliphatic carbocycles. The molecule has 1 heterocycles. The molecule has 1 aromatic heterocycles. The first-order valence-corrected chi connectivity index (χ1v) is 11.9. The van der Waals surface area contributed by atoms with Crippen LogP contribution in [-0.2, 0) is 4.79 Å². The van der Waals surface area contributed by atoms with Crippen LogP contribution in [0, 0.1) is 0 Å². The smallest absolute Gasteiger partial charge is 0.241 e. The number of fused-ring (bicyclic) bond motifs is 1. The molecule has 8 heteroatoms. The zero-order valence-corrected chi connectivity index (χ0v) is 20.6. The van der Waals surface area contributed by atoms with Crippen LogP contribution >= 0.6 is 0 Å². The maximum atomic E-state index is 13.0. The van der Waals surface area contributed by atoms with Crippen molar-refractivity contribution in [3.05, 3.63) is 42.6 Å². The Morgan fingerprint density at radius 1 is 1.15 bits per heavy atom. The summed E-state index contributed by atoms with van der Waals surface area (Å²) in [6.45, 7) is 7.44. The Hall–Kier alpha value is -3.23. The minimum atomic E-state index is -0.573. The topological polar surface area (TPSA) is 105 Å². The monoisotopic (exact) mass is 464 g/mol. The molecule has 3 rings (SSSR count). The number of ether oxygens (including phenoxy) is 1. The average molecular weight is 465 g/mol. The molecule has 1 atom stereocenters. The third-order valence-corrected chi connectivity index (χ3v) is 6.06. The summed E-state index contributed by atoms with van der Waals surface area (Å²) >= 11 is 0. The van der Waals surface area contributed by atoms with Gasteiger partial charge in [-0.2, -0.15) is 0 Å². The van der Waals surface area contributed by atoms with E-state index < -0.39 is 6.04 Å². The second-order valence-electron chi connectivity index (χ2n) is 8.24. The Labute approximate surface area is 201 Å². The number of rotatable bonds is 12. The van der Waals surface area contributed by atoms with E-state index in [0.717, 1.165) is 60.3 Å². The summed E-state index contributed by atoms with van der Waals surface area (Å²) in [5.41, 5.74) is 8.57. The van der Waals surface area contributed by atoms with Crippen LogP contribution in [0.3, 0.4) is 0 Å². The lowest BCUT2D eigenvalue weighted by atomic mass is 10.0. The largest absolute Gasteiger partial charge is 0.497 e. The summed E-state index contributed by atoms with van der Waals surface area (Å²) in [5, 5.41) is 7.87. The van der Waals surface area contributed by atoms with Crippen LogP contribution in [-0.4, -0.2) is 60.6 Å². The number of unbranched alkanes of at least 4 members (excludes halogenated alkanes) is 1. The Balaban J connectivity index is 1.82. The van der Waals surface area contributed by atoms with E-state index in [9.17, 15) is 4.79 Å². The van der Waals surface area contributed by atoms with Crippen molar-refractivity contribution in [2.75, 3.05) is 44.4 Å². The van der Waals surface area contributed by atoms with Crippen LogP contribution in [0.2, 0.25) is 0 Å². The first-order chi connectivity index (χ1) is 16.5. The lowest BCUT2D eigenvalue weighted by molar-refractivity contribution is -0.117. The zero-order chi connectivity index (χ0) is 24.5. The molecule has 8 nitrogen and oxygen atoms in total. The van der Waals surface area contributed by atoms with Crippen molar-refractivity contribution >= 4 is 28.3 Å². The molecule has 182 valence electrons. The van der Waals surface area contributed by atoms with Crippen molar-refractivity contribution in [2.24, 2.45) is 5.73 Å². The SMILES string of the molecule is CCN(CC)CCCCC(N)C(=O)Nc1cc(-c2ccnc(NC)n2)cc2ccc(OC)cc12.